The van der Waals surface area contributed by atoms with Crippen LogP contribution < -0.4 is 24.4 Å². The van der Waals surface area contributed by atoms with Crippen molar-refractivity contribution in [3.05, 3.63) is 132 Å². The van der Waals surface area contributed by atoms with E-state index in [1.807, 2.05) is 30.3 Å². The third-order valence-electron chi connectivity index (χ3n) is 7.92. The average Bonchev–Trinajstić information content (AvgIpc) is 3.63. The Hall–Kier alpha value is -5.15. The molecule has 0 saturated heterocycles. The molecule has 1 aliphatic carbocycles. The molecule has 1 atom stereocenters. The van der Waals surface area contributed by atoms with E-state index in [0.717, 1.165) is 35.2 Å². The van der Waals surface area contributed by atoms with Crippen molar-refractivity contribution in [2.24, 2.45) is 4.99 Å². The normalized spacial score (nSPS) is 15.8. The van der Waals surface area contributed by atoms with Gasteiger partial charge in [0.05, 0.1) is 36.1 Å². The number of hydrogen-bond donors (Lipinski definition) is 1. The van der Waals surface area contributed by atoms with Crippen LogP contribution >= 0.6 is 11.3 Å². The smallest absolute Gasteiger partial charge is 0.336 e. The molecule has 0 saturated carbocycles. The van der Waals surface area contributed by atoms with E-state index in [4.69, 9.17) is 18.9 Å². The fourth-order valence-corrected chi connectivity index (χ4v) is 6.92. The van der Waals surface area contributed by atoms with Crippen LogP contribution in [0.4, 0.5) is 0 Å². The highest BCUT2D eigenvalue weighted by Crippen LogP contribution is 2.42. The first-order valence-corrected chi connectivity index (χ1v) is 14.6. The van der Waals surface area contributed by atoms with Crippen molar-refractivity contribution in [1.29, 1.82) is 0 Å². The number of benzene rings is 3. The SMILES string of the molecule is COc1ccc(C2C3=C(N=c4s/c(=C/c5ccc(-c6ccccc6C(=O)O)o5)c(=O)n42)c2ccccc2CC3)cc1OC. The molecule has 9 heteroatoms. The molecule has 0 bridgehead atoms. The largest absolute Gasteiger partial charge is 0.493 e. The first kappa shape index (κ1) is 26.7. The Kier molecular flexibility index (Phi) is 6.59. The quantitative estimate of drug-likeness (QED) is 0.288. The Morgan fingerprint density at radius 2 is 1.74 bits per heavy atom. The number of hydrogen-bond acceptors (Lipinski definition) is 7. The minimum atomic E-state index is -1.04. The zero-order chi connectivity index (χ0) is 29.7. The van der Waals surface area contributed by atoms with Crippen LogP contribution in [0.15, 0.2) is 98.6 Å². The standard InChI is InChI=1S/C34H26N2O6S/c1-40-27-15-12-20(17-28(27)41-2)31-25-14-11-19-7-3-4-8-22(19)30(25)35-34-36(31)32(37)29(43-34)18-21-13-16-26(42-21)23-9-5-6-10-24(23)33(38)39/h3-10,12-13,15-18,31H,11,14H2,1-2H3,(H,38,39)/b29-18+. The number of carboxylic acids is 1. The van der Waals surface area contributed by atoms with Crippen LogP contribution in [0.2, 0.25) is 0 Å². The molecule has 1 N–H and O–H groups in total. The predicted molar refractivity (Wildman–Crippen MR) is 163 cm³/mol. The van der Waals surface area contributed by atoms with Gasteiger partial charge in [-0.05, 0) is 59.9 Å². The molecular formula is C34H26N2O6S. The molecule has 0 spiro atoms. The highest BCUT2D eigenvalue weighted by atomic mass is 32.1. The lowest BCUT2D eigenvalue weighted by Gasteiger charge is -2.31. The average molecular weight is 591 g/mol. The number of carboxylic acid groups (broad SMARTS) is 1. The van der Waals surface area contributed by atoms with Gasteiger partial charge < -0.3 is 19.0 Å². The lowest BCUT2D eigenvalue weighted by atomic mass is 9.83. The van der Waals surface area contributed by atoms with Gasteiger partial charge >= 0.3 is 5.97 Å². The summed E-state index contributed by atoms with van der Waals surface area (Å²) in [5.74, 6) is 1.01. The first-order valence-electron chi connectivity index (χ1n) is 13.7. The van der Waals surface area contributed by atoms with Gasteiger partial charge in [0.1, 0.15) is 11.5 Å². The van der Waals surface area contributed by atoms with Crippen molar-refractivity contribution >= 4 is 29.1 Å². The van der Waals surface area contributed by atoms with Gasteiger partial charge in [0.25, 0.3) is 5.56 Å². The molecule has 1 aliphatic heterocycles. The Morgan fingerprint density at radius 1 is 0.977 bits per heavy atom. The topological polar surface area (TPSA) is 103 Å². The molecule has 2 aromatic heterocycles. The number of nitrogens with zero attached hydrogens (tertiary/aromatic N) is 2. The molecule has 5 aromatic rings. The molecular weight excluding hydrogens is 564 g/mol. The summed E-state index contributed by atoms with van der Waals surface area (Å²) in [5, 5.41) is 9.61. The van der Waals surface area contributed by atoms with Crippen LogP contribution in [0.1, 0.15) is 45.3 Å². The van der Waals surface area contributed by atoms with Crippen LogP contribution in [0, 0.1) is 0 Å². The maximum absolute atomic E-state index is 14.1. The number of thiazole rings is 1. The van der Waals surface area contributed by atoms with Crippen molar-refractivity contribution in [3.63, 3.8) is 0 Å². The number of methoxy groups -OCH3 is 2. The van der Waals surface area contributed by atoms with E-state index >= 15 is 0 Å². The molecule has 2 aliphatic rings. The first-order chi connectivity index (χ1) is 21.0. The third kappa shape index (κ3) is 4.49. The predicted octanol–water partition coefficient (Wildman–Crippen LogP) is 5.29. The fraction of sp³-hybridized carbons (Fsp3) is 0.147. The van der Waals surface area contributed by atoms with Crippen molar-refractivity contribution < 1.29 is 23.8 Å². The fourth-order valence-electron chi connectivity index (χ4n) is 5.93. The minimum Gasteiger partial charge on any atom is -0.493 e. The van der Waals surface area contributed by atoms with Gasteiger partial charge in [0.2, 0.25) is 0 Å². The number of rotatable bonds is 6. The summed E-state index contributed by atoms with van der Waals surface area (Å²) in [6, 6.07) is 23.8. The van der Waals surface area contributed by atoms with Gasteiger partial charge in [-0.1, -0.05) is 59.9 Å². The minimum absolute atomic E-state index is 0.142. The molecule has 3 heterocycles. The van der Waals surface area contributed by atoms with Gasteiger partial charge in [0, 0.05) is 17.2 Å². The zero-order valence-electron chi connectivity index (χ0n) is 23.4. The summed E-state index contributed by atoms with van der Waals surface area (Å²) in [6.07, 6.45) is 3.31. The Bertz CT molecular complexity index is 2130. The second-order valence-electron chi connectivity index (χ2n) is 10.3. The number of fused-ring (bicyclic) bond motifs is 3. The lowest BCUT2D eigenvalue weighted by molar-refractivity contribution is 0.0697. The van der Waals surface area contributed by atoms with E-state index in [1.165, 1.54) is 23.0 Å². The van der Waals surface area contributed by atoms with E-state index in [0.29, 0.717) is 37.9 Å². The summed E-state index contributed by atoms with van der Waals surface area (Å²) < 4.78 is 19.3. The maximum Gasteiger partial charge on any atom is 0.336 e. The Morgan fingerprint density at radius 3 is 2.53 bits per heavy atom. The number of allylic oxidation sites excluding steroid dienone is 1. The molecule has 0 radical (unpaired) electrons. The molecule has 8 nitrogen and oxygen atoms in total. The van der Waals surface area contributed by atoms with Crippen LogP contribution in [0.5, 0.6) is 11.5 Å². The van der Waals surface area contributed by atoms with Gasteiger partial charge in [-0.25, -0.2) is 9.79 Å². The second kappa shape index (κ2) is 10.6. The molecule has 43 heavy (non-hydrogen) atoms. The summed E-state index contributed by atoms with van der Waals surface area (Å²) >= 11 is 1.30. The van der Waals surface area contributed by atoms with Crippen molar-refractivity contribution in [1.82, 2.24) is 4.57 Å². The highest BCUT2D eigenvalue weighted by Gasteiger charge is 2.33. The number of ether oxygens (including phenoxy) is 2. The molecule has 7 rings (SSSR count). The summed E-state index contributed by atoms with van der Waals surface area (Å²) in [6.45, 7) is 0. The monoisotopic (exact) mass is 590 g/mol. The van der Waals surface area contributed by atoms with E-state index < -0.39 is 5.97 Å². The third-order valence-corrected chi connectivity index (χ3v) is 8.90. The van der Waals surface area contributed by atoms with Crippen LogP contribution in [0.25, 0.3) is 23.1 Å². The molecule has 0 amide bonds. The zero-order valence-corrected chi connectivity index (χ0v) is 24.2. The number of aromatic carboxylic acids is 1. The molecule has 1 unspecified atom stereocenters. The lowest BCUT2D eigenvalue weighted by Crippen LogP contribution is -2.38. The van der Waals surface area contributed by atoms with Gasteiger partial charge in [0.15, 0.2) is 16.3 Å². The molecule has 0 fully saturated rings. The summed E-state index contributed by atoms with van der Waals surface area (Å²) in [7, 11) is 3.20. The van der Waals surface area contributed by atoms with E-state index in [2.05, 4.69) is 12.1 Å². The van der Waals surface area contributed by atoms with Crippen molar-refractivity contribution in [3.8, 4) is 22.8 Å². The van der Waals surface area contributed by atoms with Gasteiger partial charge in [-0.3, -0.25) is 9.36 Å². The van der Waals surface area contributed by atoms with Crippen LogP contribution in [-0.2, 0) is 6.42 Å². The Labute approximate surface area is 250 Å². The van der Waals surface area contributed by atoms with Crippen LogP contribution in [-0.4, -0.2) is 29.9 Å². The molecule has 214 valence electrons. The van der Waals surface area contributed by atoms with Crippen molar-refractivity contribution in [2.45, 2.75) is 18.9 Å². The molecule has 3 aromatic carbocycles. The summed E-state index contributed by atoms with van der Waals surface area (Å²) in [5.41, 5.74) is 5.63. The van der Waals surface area contributed by atoms with E-state index in [1.54, 1.807) is 55.2 Å². The maximum atomic E-state index is 14.1. The summed E-state index contributed by atoms with van der Waals surface area (Å²) in [4.78, 5) is 31.5. The number of aryl methyl sites for hydroxylation is 1. The number of carbonyl (C=O) groups is 1. The van der Waals surface area contributed by atoms with Gasteiger partial charge in [-0.15, -0.1) is 0 Å². The van der Waals surface area contributed by atoms with E-state index in [9.17, 15) is 14.7 Å². The highest BCUT2D eigenvalue weighted by molar-refractivity contribution is 7.07. The number of aromatic nitrogens is 1. The number of furan rings is 1. The van der Waals surface area contributed by atoms with Crippen LogP contribution in [0.3, 0.4) is 0 Å². The van der Waals surface area contributed by atoms with Gasteiger partial charge in [-0.2, -0.15) is 0 Å². The Balaban J connectivity index is 1.40. The van der Waals surface area contributed by atoms with Crippen molar-refractivity contribution in [2.75, 3.05) is 14.2 Å². The second-order valence-corrected chi connectivity index (χ2v) is 11.3. The van der Waals surface area contributed by atoms with E-state index in [-0.39, 0.29) is 17.2 Å².